The minimum absolute atomic E-state index is 0.0899. The molecule has 0 radical (unpaired) electrons. The number of fused-ring (bicyclic) bond motifs is 3. The van der Waals surface area contributed by atoms with E-state index in [1.165, 1.54) is 6.33 Å². The minimum Gasteiger partial charge on any atom is -0.374 e. The predicted molar refractivity (Wildman–Crippen MR) is 114 cm³/mol. The average molecular weight is 422 g/mol. The number of nitrogens with zero attached hydrogens (tertiary/aromatic N) is 7. The van der Waals surface area contributed by atoms with Gasteiger partial charge in [0.05, 0.1) is 24.3 Å². The zero-order valence-electron chi connectivity index (χ0n) is 17.9. The van der Waals surface area contributed by atoms with E-state index >= 15 is 0 Å². The van der Waals surface area contributed by atoms with Crippen molar-refractivity contribution in [1.29, 1.82) is 0 Å². The maximum Gasteiger partial charge on any atom is 0.245 e. The molecule has 0 aliphatic carbocycles. The number of hydrogen-bond acceptors (Lipinski definition) is 8. The van der Waals surface area contributed by atoms with Crippen LogP contribution in [0.1, 0.15) is 32.5 Å². The van der Waals surface area contributed by atoms with E-state index < -0.39 is 0 Å². The lowest BCUT2D eigenvalue weighted by Gasteiger charge is -2.30. The second-order valence-corrected chi connectivity index (χ2v) is 8.03. The van der Waals surface area contributed by atoms with Gasteiger partial charge in [0.1, 0.15) is 24.0 Å². The molecule has 162 valence electrons. The fourth-order valence-corrected chi connectivity index (χ4v) is 4.44. The second-order valence-electron chi connectivity index (χ2n) is 8.03. The predicted octanol–water partition coefficient (Wildman–Crippen LogP) is 1.80. The van der Waals surface area contributed by atoms with Gasteiger partial charge in [-0.05, 0) is 26.7 Å². The number of aromatic nitrogens is 6. The van der Waals surface area contributed by atoms with Crippen LogP contribution in [0.25, 0.3) is 22.6 Å². The molecule has 2 saturated heterocycles. The lowest BCUT2D eigenvalue weighted by Crippen LogP contribution is -2.48. The SMILES string of the molecule is CC[C@H](Nc1ncnc2c1nc(-c1cnc(C)nc1)n2CC)C(=O)N1C[C@H]2C[C@@H]1CO2. The first-order valence-corrected chi connectivity index (χ1v) is 10.8. The first kappa shape index (κ1) is 19.8. The Labute approximate surface area is 180 Å². The molecule has 5 rings (SSSR count). The summed E-state index contributed by atoms with van der Waals surface area (Å²) >= 11 is 0. The van der Waals surface area contributed by atoms with Crippen molar-refractivity contribution >= 4 is 22.9 Å². The van der Waals surface area contributed by atoms with Crippen LogP contribution in [-0.2, 0) is 16.1 Å². The molecule has 3 aromatic rings. The van der Waals surface area contributed by atoms with Crippen molar-refractivity contribution in [2.45, 2.75) is 58.3 Å². The van der Waals surface area contributed by atoms with Gasteiger partial charge in [-0.2, -0.15) is 0 Å². The van der Waals surface area contributed by atoms with Crippen LogP contribution in [0, 0.1) is 6.92 Å². The van der Waals surface area contributed by atoms with Crippen molar-refractivity contribution in [3.8, 4) is 11.4 Å². The molecule has 0 saturated carbocycles. The fourth-order valence-electron chi connectivity index (χ4n) is 4.44. The molecule has 2 aliphatic rings. The molecule has 2 aliphatic heterocycles. The number of likely N-dealkylation sites (tertiary alicyclic amines) is 1. The Morgan fingerprint density at radius 1 is 1.26 bits per heavy atom. The zero-order valence-corrected chi connectivity index (χ0v) is 17.9. The molecule has 0 unspecified atom stereocenters. The molecular weight excluding hydrogens is 396 g/mol. The highest BCUT2D eigenvalue weighted by Gasteiger charge is 2.43. The number of nitrogens with one attached hydrogen (secondary N) is 1. The van der Waals surface area contributed by atoms with Crippen molar-refractivity contribution < 1.29 is 9.53 Å². The smallest absolute Gasteiger partial charge is 0.245 e. The first-order chi connectivity index (χ1) is 15.1. The Morgan fingerprint density at radius 2 is 2.06 bits per heavy atom. The average Bonchev–Trinajstić information content (AvgIpc) is 3.51. The van der Waals surface area contributed by atoms with E-state index in [9.17, 15) is 4.79 Å². The number of imidazole rings is 1. The Bertz CT molecular complexity index is 1110. The number of ether oxygens (including phenoxy) is 1. The standard InChI is InChI=1S/C21H26N8O2/c1-4-16(21(30)29-9-15-6-14(29)10-31-15)26-18-17-20(25-11-24-18)28(5-2)19(27-17)13-7-22-12(3)23-8-13/h7-8,11,14-16H,4-6,9-10H2,1-3H3,(H,24,25,26)/t14-,15-,16+/m1/s1. The second kappa shape index (κ2) is 7.84. The number of morpholine rings is 1. The van der Waals surface area contributed by atoms with Crippen LogP contribution in [-0.4, -0.2) is 71.6 Å². The van der Waals surface area contributed by atoms with Gasteiger partial charge in [-0.15, -0.1) is 0 Å². The molecule has 0 aromatic carbocycles. The van der Waals surface area contributed by atoms with Crippen LogP contribution < -0.4 is 5.32 Å². The highest BCUT2D eigenvalue weighted by molar-refractivity contribution is 5.90. The molecule has 2 bridgehead atoms. The van der Waals surface area contributed by atoms with Crippen LogP contribution in [0.3, 0.4) is 0 Å². The van der Waals surface area contributed by atoms with E-state index in [0.717, 1.165) is 17.8 Å². The van der Waals surface area contributed by atoms with Gasteiger partial charge < -0.3 is 19.5 Å². The summed E-state index contributed by atoms with van der Waals surface area (Å²) in [4.78, 5) is 37.5. The van der Waals surface area contributed by atoms with Gasteiger partial charge in [-0.1, -0.05) is 6.92 Å². The van der Waals surface area contributed by atoms with Gasteiger partial charge in [0.15, 0.2) is 17.0 Å². The van der Waals surface area contributed by atoms with Crippen molar-refractivity contribution in [3.63, 3.8) is 0 Å². The lowest BCUT2D eigenvalue weighted by atomic mass is 10.1. The summed E-state index contributed by atoms with van der Waals surface area (Å²) in [6.45, 7) is 7.87. The van der Waals surface area contributed by atoms with E-state index in [1.54, 1.807) is 12.4 Å². The fraction of sp³-hybridized carbons (Fsp3) is 0.524. The number of amides is 1. The highest BCUT2D eigenvalue weighted by atomic mass is 16.5. The molecule has 31 heavy (non-hydrogen) atoms. The van der Waals surface area contributed by atoms with Gasteiger partial charge in [0, 0.05) is 25.5 Å². The van der Waals surface area contributed by atoms with Crippen molar-refractivity contribution in [2.75, 3.05) is 18.5 Å². The number of hydrogen-bond donors (Lipinski definition) is 1. The Balaban J connectivity index is 1.48. The summed E-state index contributed by atoms with van der Waals surface area (Å²) in [7, 11) is 0. The summed E-state index contributed by atoms with van der Waals surface area (Å²) < 4.78 is 7.65. The molecule has 1 N–H and O–H groups in total. The third-order valence-corrected chi connectivity index (χ3v) is 6.09. The molecule has 3 aromatic heterocycles. The maximum atomic E-state index is 13.2. The van der Waals surface area contributed by atoms with Crippen LogP contribution in [0.2, 0.25) is 0 Å². The highest BCUT2D eigenvalue weighted by Crippen LogP contribution is 2.30. The first-order valence-electron chi connectivity index (χ1n) is 10.8. The summed E-state index contributed by atoms with van der Waals surface area (Å²) in [5, 5.41) is 3.34. The summed E-state index contributed by atoms with van der Waals surface area (Å²) in [5.41, 5.74) is 2.16. The van der Waals surface area contributed by atoms with E-state index in [0.29, 0.717) is 48.9 Å². The van der Waals surface area contributed by atoms with E-state index in [1.807, 2.05) is 30.2 Å². The Hall–Kier alpha value is -3.14. The molecule has 5 heterocycles. The molecule has 1 amide bonds. The van der Waals surface area contributed by atoms with Crippen LogP contribution in [0.4, 0.5) is 5.82 Å². The van der Waals surface area contributed by atoms with Crippen molar-refractivity contribution in [3.05, 3.63) is 24.5 Å². The molecule has 2 fully saturated rings. The monoisotopic (exact) mass is 422 g/mol. The number of rotatable bonds is 6. The Morgan fingerprint density at radius 3 is 2.71 bits per heavy atom. The van der Waals surface area contributed by atoms with Gasteiger partial charge in [-0.3, -0.25) is 4.79 Å². The van der Waals surface area contributed by atoms with Gasteiger partial charge >= 0.3 is 0 Å². The van der Waals surface area contributed by atoms with E-state index in [-0.39, 0.29) is 24.1 Å². The van der Waals surface area contributed by atoms with Gasteiger partial charge in [0.25, 0.3) is 0 Å². The summed E-state index contributed by atoms with van der Waals surface area (Å²) in [5.74, 6) is 2.09. The van der Waals surface area contributed by atoms with Gasteiger partial charge in [0.2, 0.25) is 5.91 Å². The van der Waals surface area contributed by atoms with E-state index in [4.69, 9.17) is 9.72 Å². The quantitative estimate of drug-likeness (QED) is 0.640. The van der Waals surface area contributed by atoms with Crippen LogP contribution in [0.5, 0.6) is 0 Å². The van der Waals surface area contributed by atoms with Crippen molar-refractivity contribution in [2.24, 2.45) is 0 Å². The Kier molecular flexibility index (Phi) is 5.01. The molecular formula is C21H26N8O2. The molecule has 3 atom stereocenters. The van der Waals surface area contributed by atoms with Gasteiger partial charge in [-0.25, -0.2) is 24.9 Å². The summed E-state index contributed by atoms with van der Waals surface area (Å²) in [6.07, 6.45) is 6.79. The number of aryl methyl sites for hydroxylation is 2. The minimum atomic E-state index is -0.379. The number of carbonyl (C=O) groups excluding carboxylic acids is 1. The van der Waals surface area contributed by atoms with Crippen LogP contribution in [0.15, 0.2) is 18.7 Å². The van der Waals surface area contributed by atoms with Crippen LogP contribution >= 0.6 is 0 Å². The third-order valence-electron chi connectivity index (χ3n) is 6.09. The lowest BCUT2D eigenvalue weighted by molar-refractivity contribution is -0.136. The topological polar surface area (TPSA) is 111 Å². The normalized spacial score (nSPS) is 21.1. The molecule has 10 heteroatoms. The third kappa shape index (κ3) is 3.40. The molecule has 0 spiro atoms. The molecule has 10 nitrogen and oxygen atoms in total. The van der Waals surface area contributed by atoms with Crippen molar-refractivity contribution in [1.82, 2.24) is 34.4 Å². The number of anilines is 1. The maximum absolute atomic E-state index is 13.2. The van der Waals surface area contributed by atoms with E-state index in [2.05, 4.69) is 25.3 Å². The summed E-state index contributed by atoms with van der Waals surface area (Å²) in [6, 6.07) is -0.193. The number of carbonyl (C=O) groups is 1. The zero-order chi connectivity index (χ0) is 21.5. The largest absolute Gasteiger partial charge is 0.374 e.